The van der Waals surface area contributed by atoms with Crippen molar-refractivity contribution < 1.29 is 34.8 Å². The standard InChI is InChI=1S/C25H25ClF6N2O2S/c26-23-13-17(6-8-20(23)15-33)5-7-18(14-19-3-1-2-4-22(19)25(30,31)32)21-9-11-34(16-21)37(35,36)12-10-24(27,28)29/h1-4,6,8,13,18,21H,5,7,9-12,14,16H2/t18?,21-/m0/s1. The molecule has 0 radical (unpaired) electrons. The first-order chi connectivity index (χ1) is 17.2. The van der Waals surface area contributed by atoms with Gasteiger partial charge in [0.1, 0.15) is 6.07 Å². The van der Waals surface area contributed by atoms with Crippen molar-refractivity contribution in [2.24, 2.45) is 11.8 Å². The largest absolute Gasteiger partial charge is 0.416 e. The van der Waals surface area contributed by atoms with Crippen molar-refractivity contribution in [3.63, 3.8) is 0 Å². The first kappa shape index (κ1) is 29.3. The van der Waals surface area contributed by atoms with Crippen LogP contribution in [0.3, 0.4) is 0 Å². The molecule has 1 fully saturated rings. The lowest BCUT2D eigenvalue weighted by Crippen LogP contribution is -2.33. The molecule has 1 heterocycles. The van der Waals surface area contributed by atoms with Gasteiger partial charge in [-0.2, -0.15) is 31.6 Å². The fourth-order valence-electron chi connectivity index (χ4n) is 4.68. The third-order valence-corrected chi connectivity index (χ3v) is 8.80. The van der Waals surface area contributed by atoms with E-state index >= 15 is 0 Å². The predicted molar refractivity (Wildman–Crippen MR) is 127 cm³/mol. The number of benzene rings is 2. The van der Waals surface area contributed by atoms with Crippen molar-refractivity contribution in [3.05, 3.63) is 69.7 Å². The maximum absolute atomic E-state index is 13.6. The first-order valence-electron chi connectivity index (χ1n) is 11.6. The molecular weight excluding hydrogens is 542 g/mol. The van der Waals surface area contributed by atoms with E-state index in [1.165, 1.54) is 18.2 Å². The highest BCUT2D eigenvalue weighted by Crippen LogP contribution is 2.37. The van der Waals surface area contributed by atoms with Gasteiger partial charge >= 0.3 is 12.4 Å². The van der Waals surface area contributed by atoms with Gasteiger partial charge in [0, 0.05) is 13.1 Å². The van der Waals surface area contributed by atoms with Crippen molar-refractivity contribution >= 4 is 21.6 Å². The molecule has 0 amide bonds. The number of halogens is 7. The van der Waals surface area contributed by atoms with E-state index in [1.807, 2.05) is 6.07 Å². The molecule has 0 bridgehead atoms. The third kappa shape index (κ3) is 8.09. The molecule has 1 aliphatic heterocycles. The van der Waals surface area contributed by atoms with Crippen molar-refractivity contribution in [3.8, 4) is 6.07 Å². The Morgan fingerprint density at radius 1 is 1.11 bits per heavy atom. The number of alkyl halides is 6. The summed E-state index contributed by atoms with van der Waals surface area (Å²) in [5.74, 6) is -1.77. The minimum Gasteiger partial charge on any atom is -0.212 e. The molecular formula is C25H25ClF6N2O2S. The molecule has 0 aromatic heterocycles. The Labute approximate surface area is 216 Å². The van der Waals surface area contributed by atoms with Crippen molar-refractivity contribution in [2.75, 3.05) is 18.8 Å². The van der Waals surface area contributed by atoms with Crippen molar-refractivity contribution in [1.82, 2.24) is 4.31 Å². The Morgan fingerprint density at radius 2 is 1.81 bits per heavy atom. The van der Waals surface area contributed by atoms with Crippen LogP contribution in [0.2, 0.25) is 5.02 Å². The predicted octanol–water partition coefficient (Wildman–Crippen LogP) is 6.63. The second-order valence-corrected chi connectivity index (χ2v) is 11.7. The molecule has 2 atom stereocenters. The van der Waals surface area contributed by atoms with Crippen LogP contribution < -0.4 is 0 Å². The van der Waals surface area contributed by atoms with E-state index < -0.39 is 40.1 Å². The van der Waals surface area contributed by atoms with Gasteiger partial charge in [-0.15, -0.1) is 0 Å². The Balaban J connectivity index is 1.82. The zero-order valence-electron chi connectivity index (χ0n) is 19.6. The lowest BCUT2D eigenvalue weighted by atomic mass is 9.81. The van der Waals surface area contributed by atoms with Gasteiger partial charge < -0.3 is 0 Å². The molecule has 4 nitrogen and oxygen atoms in total. The van der Waals surface area contributed by atoms with Gasteiger partial charge in [-0.3, -0.25) is 0 Å². The van der Waals surface area contributed by atoms with E-state index in [2.05, 4.69) is 0 Å². The van der Waals surface area contributed by atoms with Crippen LogP contribution in [0.15, 0.2) is 42.5 Å². The lowest BCUT2D eigenvalue weighted by Gasteiger charge is -2.26. The van der Waals surface area contributed by atoms with Gasteiger partial charge in [0.25, 0.3) is 0 Å². The summed E-state index contributed by atoms with van der Waals surface area (Å²) in [6.07, 6.45) is -9.46. The lowest BCUT2D eigenvalue weighted by molar-refractivity contribution is -0.138. The highest BCUT2D eigenvalue weighted by atomic mass is 35.5. The van der Waals surface area contributed by atoms with Crippen LogP contribution >= 0.6 is 11.6 Å². The minimum absolute atomic E-state index is 0.0188. The van der Waals surface area contributed by atoms with Crippen LogP contribution in [0.5, 0.6) is 0 Å². The number of rotatable bonds is 9. The van der Waals surface area contributed by atoms with Gasteiger partial charge in [0.15, 0.2) is 0 Å². The van der Waals surface area contributed by atoms with Crippen LogP contribution in [-0.4, -0.2) is 37.7 Å². The van der Waals surface area contributed by atoms with Crippen LogP contribution in [0.25, 0.3) is 0 Å². The number of hydrogen-bond donors (Lipinski definition) is 0. The fraction of sp³-hybridized carbons (Fsp3) is 0.480. The average Bonchev–Trinajstić information content (AvgIpc) is 3.31. The highest BCUT2D eigenvalue weighted by Gasteiger charge is 2.39. The summed E-state index contributed by atoms with van der Waals surface area (Å²) < 4.78 is 105. The quantitative estimate of drug-likeness (QED) is 0.320. The Hall–Kier alpha value is -2.29. The van der Waals surface area contributed by atoms with E-state index in [9.17, 15) is 34.8 Å². The van der Waals surface area contributed by atoms with Crippen LogP contribution in [-0.2, 0) is 29.0 Å². The van der Waals surface area contributed by atoms with Gasteiger partial charge in [-0.05, 0) is 66.8 Å². The highest BCUT2D eigenvalue weighted by molar-refractivity contribution is 7.89. The number of sulfonamides is 1. The number of nitriles is 1. The second kappa shape index (κ2) is 11.6. The Bertz CT molecular complexity index is 1240. The molecule has 1 aliphatic rings. The summed E-state index contributed by atoms with van der Waals surface area (Å²) in [6, 6.07) is 12.0. The molecule has 37 heavy (non-hydrogen) atoms. The van der Waals surface area contributed by atoms with Crippen molar-refractivity contribution in [1.29, 1.82) is 5.26 Å². The van der Waals surface area contributed by atoms with Gasteiger partial charge in [-0.1, -0.05) is 35.9 Å². The Kier molecular flexibility index (Phi) is 9.19. The molecule has 0 aliphatic carbocycles. The van der Waals surface area contributed by atoms with Crippen LogP contribution in [0.4, 0.5) is 26.3 Å². The number of aryl methyl sites for hydroxylation is 1. The molecule has 0 N–H and O–H groups in total. The molecule has 12 heteroatoms. The molecule has 1 unspecified atom stereocenters. The minimum atomic E-state index is -4.61. The van der Waals surface area contributed by atoms with E-state index in [0.717, 1.165) is 15.9 Å². The molecule has 202 valence electrons. The number of hydrogen-bond acceptors (Lipinski definition) is 3. The third-order valence-electron chi connectivity index (χ3n) is 6.65. The molecule has 0 saturated carbocycles. The van der Waals surface area contributed by atoms with E-state index in [-0.39, 0.29) is 47.5 Å². The maximum atomic E-state index is 13.6. The van der Waals surface area contributed by atoms with E-state index in [0.29, 0.717) is 19.3 Å². The fourth-order valence-corrected chi connectivity index (χ4v) is 6.48. The summed E-state index contributed by atoms with van der Waals surface area (Å²) >= 11 is 6.10. The monoisotopic (exact) mass is 566 g/mol. The van der Waals surface area contributed by atoms with Gasteiger partial charge in [0.05, 0.1) is 28.3 Å². The van der Waals surface area contributed by atoms with E-state index in [4.69, 9.17) is 16.9 Å². The second-order valence-electron chi connectivity index (χ2n) is 9.17. The number of nitrogens with zero attached hydrogens (tertiary/aromatic N) is 2. The van der Waals surface area contributed by atoms with Gasteiger partial charge in [-0.25, -0.2) is 12.7 Å². The SMILES string of the molecule is N#Cc1ccc(CCC(Cc2ccccc2C(F)(F)F)[C@H]2CCN(S(=O)(=O)CCC(F)(F)F)C2)cc1Cl. The molecule has 0 spiro atoms. The van der Waals surface area contributed by atoms with Crippen molar-refractivity contribution in [2.45, 2.75) is 44.5 Å². The zero-order chi connectivity index (χ0) is 27.4. The summed E-state index contributed by atoms with van der Waals surface area (Å²) in [5.41, 5.74) is 0.368. The summed E-state index contributed by atoms with van der Waals surface area (Å²) in [4.78, 5) is 0. The topological polar surface area (TPSA) is 61.2 Å². The summed E-state index contributed by atoms with van der Waals surface area (Å²) in [6.45, 7) is -0.0296. The summed E-state index contributed by atoms with van der Waals surface area (Å²) in [7, 11) is -4.16. The Morgan fingerprint density at radius 3 is 2.43 bits per heavy atom. The normalized spacial score (nSPS) is 18.1. The molecule has 1 saturated heterocycles. The van der Waals surface area contributed by atoms with Crippen LogP contribution in [0.1, 0.15) is 41.5 Å². The van der Waals surface area contributed by atoms with E-state index in [1.54, 1.807) is 18.2 Å². The molecule has 2 aromatic rings. The summed E-state index contributed by atoms with van der Waals surface area (Å²) in [5, 5.41) is 9.31. The molecule has 2 aromatic carbocycles. The van der Waals surface area contributed by atoms with Gasteiger partial charge in [0.2, 0.25) is 10.0 Å². The maximum Gasteiger partial charge on any atom is 0.416 e. The molecule has 3 rings (SSSR count). The smallest absolute Gasteiger partial charge is 0.212 e. The first-order valence-corrected chi connectivity index (χ1v) is 13.6. The average molecular weight is 567 g/mol. The van der Waals surface area contributed by atoms with Crippen LogP contribution in [0, 0.1) is 23.2 Å². The zero-order valence-corrected chi connectivity index (χ0v) is 21.2.